The van der Waals surface area contributed by atoms with E-state index in [1.165, 1.54) is 82.6 Å². The maximum Gasteiger partial charge on any atom is 0.108 e. The molecule has 0 N–H and O–H groups in total. The Balaban J connectivity index is 1.89. The van der Waals surface area contributed by atoms with Gasteiger partial charge in [0.25, 0.3) is 0 Å². The van der Waals surface area contributed by atoms with Crippen molar-refractivity contribution in [1.82, 2.24) is 0 Å². The monoisotopic (exact) mass is 303 g/mol. The Morgan fingerprint density at radius 1 is 0.636 bits per heavy atom. The van der Waals surface area contributed by atoms with Gasteiger partial charge in [-0.1, -0.05) is 102 Å². The number of rotatable bonds is 14. The fourth-order valence-electron chi connectivity index (χ4n) is 3.10. The van der Waals surface area contributed by atoms with Crippen molar-refractivity contribution in [3.05, 3.63) is 35.4 Å². The highest BCUT2D eigenvalue weighted by atomic mass is 16.3. The van der Waals surface area contributed by atoms with Crippen LogP contribution in [-0.2, 0) is 18.1 Å². The van der Waals surface area contributed by atoms with Crippen LogP contribution in [0.1, 0.15) is 95.1 Å². The molecule has 1 rings (SSSR count). The Bertz CT molecular complexity index is 359. The van der Waals surface area contributed by atoms with Gasteiger partial charge in [0.1, 0.15) is 6.61 Å². The largest absolute Gasteiger partial charge is 0.232 e. The molecule has 0 fully saturated rings. The number of hydrogen-bond donors (Lipinski definition) is 0. The van der Waals surface area contributed by atoms with Crippen LogP contribution in [0.3, 0.4) is 0 Å². The van der Waals surface area contributed by atoms with Crippen LogP contribution in [0.25, 0.3) is 0 Å². The van der Waals surface area contributed by atoms with Gasteiger partial charge in [0.15, 0.2) is 0 Å². The van der Waals surface area contributed by atoms with Gasteiger partial charge >= 0.3 is 0 Å². The molecule has 125 valence electrons. The zero-order chi connectivity index (χ0) is 15.9. The van der Waals surface area contributed by atoms with Crippen molar-refractivity contribution in [1.29, 1.82) is 0 Å². The van der Waals surface area contributed by atoms with E-state index in [1.807, 2.05) is 12.1 Å². The third kappa shape index (κ3) is 9.25. The lowest BCUT2D eigenvalue weighted by molar-refractivity contribution is 0.176. The summed E-state index contributed by atoms with van der Waals surface area (Å²) >= 11 is 0. The standard InChI is InChI=1S/C21H35O/c1-2-3-4-5-6-7-8-9-10-11-12-13-16-20-17-14-15-18-21(20)19-22/h14-15,17-18H,2-13,16,19H2,1H3. The molecule has 0 bridgehead atoms. The number of unbranched alkanes of at least 4 members (excludes halogenated alkanes) is 11. The Kier molecular flexibility index (Phi) is 12.1. The van der Waals surface area contributed by atoms with E-state index in [0.717, 1.165) is 12.0 Å². The molecule has 1 radical (unpaired) electrons. The summed E-state index contributed by atoms with van der Waals surface area (Å²) in [5.74, 6) is 0. The van der Waals surface area contributed by atoms with Crippen molar-refractivity contribution in [2.45, 2.75) is 97.0 Å². The molecule has 0 aliphatic rings. The number of hydrogen-bond acceptors (Lipinski definition) is 0. The van der Waals surface area contributed by atoms with E-state index in [2.05, 4.69) is 19.1 Å². The van der Waals surface area contributed by atoms with E-state index in [4.69, 9.17) is 0 Å². The molecule has 1 aromatic rings. The van der Waals surface area contributed by atoms with E-state index in [0.29, 0.717) is 0 Å². The van der Waals surface area contributed by atoms with Crippen LogP contribution in [0.2, 0.25) is 0 Å². The molecule has 1 aromatic carbocycles. The van der Waals surface area contributed by atoms with E-state index in [9.17, 15) is 5.11 Å². The molecule has 0 unspecified atom stereocenters. The van der Waals surface area contributed by atoms with Crippen LogP contribution in [0.4, 0.5) is 0 Å². The molecule has 0 atom stereocenters. The minimum atomic E-state index is -0.0750. The van der Waals surface area contributed by atoms with Gasteiger partial charge < -0.3 is 0 Å². The maximum absolute atomic E-state index is 11.1. The normalized spacial score (nSPS) is 11.0. The first-order chi connectivity index (χ1) is 10.9. The van der Waals surface area contributed by atoms with Crippen molar-refractivity contribution in [2.75, 3.05) is 0 Å². The Morgan fingerprint density at radius 3 is 1.59 bits per heavy atom. The molecule has 0 saturated carbocycles. The molecular weight excluding hydrogens is 268 g/mol. The Morgan fingerprint density at radius 2 is 1.09 bits per heavy atom. The molecular formula is C21H35O. The fourth-order valence-corrected chi connectivity index (χ4v) is 3.10. The molecule has 0 aromatic heterocycles. The van der Waals surface area contributed by atoms with Gasteiger partial charge in [-0.2, -0.15) is 0 Å². The zero-order valence-corrected chi connectivity index (χ0v) is 14.6. The van der Waals surface area contributed by atoms with Crippen LogP contribution in [0.15, 0.2) is 24.3 Å². The van der Waals surface area contributed by atoms with Crippen LogP contribution in [-0.4, -0.2) is 0 Å². The van der Waals surface area contributed by atoms with E-state index in [-0.39, 0.29) is 6.61 Å². The number of aryl methyl sites for hydroxylation is 1. The van der Waals surface area contributed by atoms with Crippen LogP contribution < -0.4 is 0 Å². The van der Waals surface area contributed by atoms with Crippen LogP contribution in [0.5, 0.6) is 0 Å². The van der Waals surface area contributed by atoms with E-state index >= 15 is 0 Å². The SMILES string of the molecule is CCCCCCCCCCCCCCc1ccccc1C[O]. The van der Waals surface area contributed by atoms with Gasteiger partial charge in [0.2, 0.25) is 0 Å². The van der Waals surface area contributed by atoms with Crippen molar-refractivity contribution in [3.63, 3.8) is 0 Å². The Labute approximate surface area is 138 Å². The van der Waals surface area contributed by atoms with Gasteiger partial charge in [-0.05, 0) is 24.0 Å². The highest BCUT2D eigenvalue weighted by Gasteiger charge is 2.00. The molecule has 0 spiro atoms. The average molecular weight is 304 g/mol. The summed E-state index contributed by atoms with van der Waals surface area (Å²) in [7, 11) is 0. The van der Waals surface area contributed by atoms with Crippen LogP contribution in [0, 0.1) is 0 Å². The third-order valence-electron chi connectivity index (χ3n) is 4.57. The minimum absolute atomic E-state index is 0.0750. The molecule has 1 heteroatoms. The molecule has 1 nitrogen and oxygen atoms in total. The molecule has 0 heterocycles. The first-order valence-electron chi connectivity index (χ1n) is 9.53. The second kappa shape index (κ2) is 13.8. The lowest BCUT2D eigenvalue weighted by Gasteiger charge is -2.06. The summed E-state index contributed by atoms with van der Waals surface area (Å²) in [4.78, 5) is 0. The van der Waals surface area contributed by atoms with Crippen molar-refractivity contribution < 1.29 is 5.11 Å². The molecule has 0 aliphatic heterocycles. The summed E-state index contributed by atoms with van der Waals surface area (Å²) in [5.41, 5.74) is 2.26. The predicted molar refractivity (Wildman–Crippen MR) is 95.6 cm³/mol. The van der Waals surface area contributed by atoms with Crippen molar-refractivity contribution in [3.8, 4) is 0 Å². The van der Waals surface area contributed by atoms with Gasteiger partial charge in [-0.15, -0.1) is 0 Å². The second-order valence-corrected chi connectivity index (χ2v) is 6.55. The molecule has 0 saturated heterocycles. The minimum Gasteiger partial charge on any atom is -0.232 e. The van der Waals surface area contributed by atoms with Gasteiger partial charge in [-0.3, -0.25) is 0 Å². The summed E-state index contributed by atoms with van der Waals surface area (Å²) < 4.78 is 0. The van der Waals surface area contributed by atoms with Gasteiger partial charge in [-0.25, -0.2) is 5.11 Å². The van der Waals surface area contributed by atoms with Crippen molar-refractivity contribution in [2.24, 2.45) is 0 Å². The van der Waals surface area contributed by atoms with E-state index < -0.39 is 0 Å². The zero-order valence-electron chi connectivity index (χ0n) is 14.6. The third-order valence-corrected chi connectivity index (χ3v) is 4.57. The first-order valence-corrected chi connectivity index (χ1v) is 9.53. The van der Waals surface area contributed by atoms with Crippen molar-refractivity contribution >= 4 is 0 Å². The summed E-state index contributed by atoms with van der Waals surface area (Å²) in [6.45, 7) is 2.20. The Hall–Kier alpha value is -0.820. The van der Waals surface area contributed by atoms with Gasteiger partial charge in [0, 0.05) is 0 Å². The lowest BCUT2D eigenvalue weighted by atomic mass is 10.0. The fraction of sp³-hybridized carbons (Fsp3) is 0.714. The van der Waals surface area contributed by atoms with Crippen LogP contribution >= 0.6 is 0 Å². The molecule has 22 heavy (non-hydrogen) atoms. The summed E-state index contributed by atoms with van der Waals surface area (Å²) in [5, 5.41) is 11.1. The highest BCUT2D eigenvalue weighted by Crippen LogP contribution is 2.15. The predicted octanol–water partition coefficient (Wildman–Crippen LogP) is 6.86. The van der Waals surface area contributed by atoms with E-state index in [1.54, 1.807) is 0 Å². The second-order valence-electron chi connectivity index (χ2n) is 6.55. The maximum atomic E-state index is 11.1. The molecule has 0 amide bonds. The van der Waals surface area contributed by atoms with Gasteiger partial charge in [0.05, 0.1) is 0 Å². The number of benzene rings is 1. The quantitative estimate of drug-likeness (QED) is 0.334. The topological polar surface area (TPSA) is 19.9 Å². The smallest absolute Gasteiger partial charge is 0.108 e. The average Bonchev–Trinajstić information content (AvgIpc) is 2.56. The lowest BCUT2D eigenvalue weighted by Crippen LogP contribution is -1.93. The first kappa shape index (κ1) is 19.2. The summed E-state index contributed by atoms with van der Waals surface area (Å²) in [6.07, 6.45) is 17.7. The summed E-state index contributed by atoms with van der Waals surface area (Å²) in [6, 6.07) is 8.11. The molecule has 0 aliphatic carbocycles. The highest BCUT2D eigenvalue weighted by molar-refractivity contribution is 5.26.